The number of aromatic nitrogens is 1. The summed E-state index contributed by atoms with van der Waals surface area (Å²) in [6.45, 7) is 4.52. The molecule has 0 N–H and O–H groups in total. The lowest BCUT2D eigenvalue weighted by atomic mass is 9.78. The second kappa shape index (κ2) is 7.06. The van der Waals surface area contributed by atoms with E-state index < -0.39 is 0 Å². The van der Waals surface area contributed by atoms with Crippen LogP contribution in [-0.2, 0) is 5.41 Å². The zero-order chi connectivity index (χ0) is 21.7. The average Bonchev–Trinajstić information content (AvgIpc) is 3.24. The Labute approximate surface area is 187 Å². The van der Waals surface area contributed by atoms with E-state index in [-0.39, 0.29) is 5.41 Å². The molecule has 0 saturated carbocycles. The Bertz CT molecular complexity index is 1590. The number of rotatable bonds is 3. The average molecular weight is 414 g/mol. The summed E-state index contributed by atoms with van der Waals surface area (Å²) in [5, 5.41) is 4.59. The smallest absolute Gasteiger partial charge is 0.144 e. The molecule has 6 aromatic rings. The topological polar surface area (TPSA) is 26.0 Å². The van der Waals surface area contributed by atoms with Crippen molar-refractivity contribution in [3.8, 4) is 11.3 Å². The van der Waals surface area contributed by atoms with E-state index in [1.807, 2.05) is 6.20 Å². The minimum Gasteiger partial charge on any atom is -0.455 e. The summed E-state index contributed by atoms with van der Waals surface area (Å²) in [5.41, 5.74) is 6.16. The number of nitrogens with zero attached hydrogens (tertiary/aromatic N) is 1. The second-order valence-corrected chi connectivity index (χ2v) is 8.87. The van der Waals surface area contributed by atoms with Crippen LogP contribution in [0.2, 0.25) is 0 Å². The van der Waals surface area contributed by atoms with Gasteiger partial charge in [0.15, 0.2) is 0 Å². The lowest BCUT2D eigenvalue weighted by Gasteiger charge is -2.26. The molecular formula is C30H23NO. The van der Waals surface area contributed by atoms with Gasteiger partial charge in [-0.15, -0.1) is 0 Å². The van der Waals surface area contributed by atoms with Crippen LogP contribution >= 0.6 is 0 Å². The zero-order valence-corrected chi connectivity index (χ0v) is 18.2. The predicted octanol–water partition coefficient (Wildman–Crippen LogP) is 8.13. The normalized spacial score (nSPS) is 12.1. The monoisotopic (exact) mass is 413 g/mol. The summed E-state index contributed by atoms with van der Waals surface area (Å²) in [5.74, 6) is 0. The number of pyridine rings is 1. The summed E-state index contributed by atoms with van der Waals surface area (Å²) >= 11 is 0. The van der Waals surface area contributed by atoms with E-state index in [1.165, 1.54) is 16.5 Å². The predicted molar refractivity (Wildman–Crippen MR) is 133 cm³/mol. The number of furan rings is 1. The standard InChI is InChI=1S/C30H23NO/c1-30(2,21-10-4-3-5-11-21)22-17-18-31-27(19-22)26-14-8-13-24-25-16-15-20-9-6-7-12-23(20)28(25)32-29(24)26/h3-19H,1-2H3. The lowest BCUT2D eigenvalue weighted by molar-refractivity contribution is 0.640. The van der Waals surface area contributed by atoms with Gasteiger partial charge in [0.05, 0.1) is 5.69 Å². The molecule has 2 nitrogen and oxygen atoms in total. The zero-order valence-electron chi connectivity index (χ0n) is 18.2. The molecule has 0 amide bonds. The van der Waals surface area contributed by atoms with Gasteiger partial charge in [-0.05, 0) is 40.8 Å². The quantitative estimate of drug-likeness (QED) is 0.293. The highest BCUT2D eigenvalue weighted by molar-refractivity contribution is 6.17. The largest absolute Gasteiger partial charge is 0.455 e. The summed E-state index contributed by atoms with van der Waals surface area (Å²) in [6, 6.07) is 34.0. The first-order valence-electron chi connectivity index (χ1n) is 11.0. The molecule has 2 heteroatoms. The van der Waals surface area contributed by atoms with Crippen LogP contribution in [0.25, 0.3) is 44.0 Å². The summed E-state index contributed by atoms with van der Waals surface area (Å²) in [6.07, 6.45) is 1.91. The molecular weight excluding hydrogens is 390 g/mol. The van der Waals surface area contributed by atoms with Gasteiger partial charge in [-0.2, -0.15) is 0 Å². The number of benzene rings is 4. The fourth-order valence-electron chi connectivity index (χ4n) is 4.72. The maximum Gasteiger partial charge on any atom is 0.144 e. The summed E-state index contributed by atoms with van der Waals surface area (Å²) in [7, 11) is 0. The Hall–Kier alpha value is -3.91. The first-order valence-corrected chi connectivity index (χ1v) is 11.0. The van der Waals surface area contributed by atoms with Crippen molar-refractivity contribution >= 4 is 32.7 Å². The molecule has 0 radical (unpaired) electrons. The number of hydrogen-bond acceptors (Lipinski definition) is 2. The third-order valence-corrected chi connectivity index (χ3v) is 6.64. The maximum absolute atomic E-state index is 6.52. The van der Waals surface area contributed by atoms with Crippen molar-refractivity contribution < 1.29 is 4.42 Å². The van der Waals surface area contributed by atoms with Crippen LogP contribution < -0.4 is 0 Å². The van der Waals surface area contributed by atoms with Crippen molar-refractivity contribution in [2.24, 2.45) is 0 Å². The van der Waals surface area contributed by atoms with Gasteiger partial charge in [0.25, 0.3) is 0 Å². The molecule has 0 spiro atoms. The van der Waals surface area contributed by atoms with Gasteiger partial charge in [-0.25, -0.2) is 0 Å². The molecule has 2 heterocycles. The number of para-hydroxylation sites is 1. The molecule has 0 bridgehead atoms. The molecule has 0 unspecified atom stereocenters. The van der Waals surface area contributed by atoms with Crippen molar-refractivity contribution in [2.45, 2.75) is 19.3 Å². The van der Waals surface area contributed by atoms with Crippen molar-refractivity contribution in [2.75, 3.05) is 0 Å². The SMILES string of the molecule is CC(C)(c1ccccc1)c1ccnc(-c2cccc3c2oc2c4ccccc4ccc32)c1. The first-order chi connectivity index (χ1) is 15.6. The van der Waals surface area contributed by atoms with Crippen molar-refractivity contribution in [3.63, 3.8) is 0 Å². The van der Waals surface area contributed by atoms with E-state index in [2.05, 4.69) is 111 Å². The van der Waals surface area contributed by atoms with Crippen LogP contribution in [0.1, 0.15) is 25.0 Å². The molecule has 0 aliphatic carbocycles. The van der Waals surface area contributed by atoms with Gasteiger partial charge < -0.3 is 4.42 Å². The van der Waals surface area contributed by atoms with E-state index in [9.17, 15) is 0 Å². The Balaban J connectivity index is 1.56. The highest BCUT2D eigenvalue weighted by Gasteiger charge is 2.24. The lowest BCUT2D eigenvalue weighted by Crippen LogP contribution is -2.18. The Morgan fingerprint density at radius 1 is 0.625 bits per heavy atom. The molecule has 0 fully saturated rings. The van der Waals surface area contributed by atoms with Crippen LogP contribution in [0.5, 0.6) is 0 Å². The molecule has 154 valence electrons. The van der Waals surface area contributed by atoms with Crippen LogP contribution in [0.3, 0.4) is 0 Å². The van der Waals surface area contributed by atoms with Crippen LogP contribution in [0.15, 0.2) is 108 Å². The molecule has 0 saturated heterocycles. The van der Waals surface area contributed by atoms with E-state index in [4.69, 9.17) is 9.40 Å². The molecule has 32 heavy (non-hydrogen) atoms. The Kier molecular flexibility index (Phi) is 4.16. The molecule has 0 aliphatic rings. The second-order valence-electron chi connectivity index (χ2n) is 8.87. The van der Waals surface area contributed by atoms with Gasteiger partial charge in [-0.3, -0.25) is 4.98 Å². The van der Waals surface area contributed by atoms with Crippen molar-refractivity contribution in [1.82, 2.24) is 4.98 Å². The fourth-order valence-corrected chi connectivity index (χ4v) is 4.72. The van der Waals surface area contributed by atoms with Crippen LogP contribution in [0.4, 0.5) is 0 Å². The van der Waals surface area contributed by atoms with Crippen molar-refractivity contribution in [1.29, 1.82) is 0 Å². The minimum absolute atomic E-state index is 0.128. The molecule has 2 aromatic heterocycles. The highest BCUT2D eigenvalue weighted by atomic mass is 16.3. The van der Waals surface area contributed by atoms with Crippen LogP contribution in [0, 0.1) is 0 Å². The number of fused-ring (bicyclic) bond motifs is 5. The minimum atomic E-state index is -0.128. The van der Waals surface area contributed by atoms with E-state index >= 15 is 0 Å². The Morgan fingerprint density at radius 3 is 2.25 bits per heavy atom. The van der Waals surface area contributed by atoms with E-state index in [1.54, 1.807) is 0 Å². The first kappa shape index (κ1) is 18.8. The van der Waals surface area contributed by atoms with Crippen molar-refractivity contribution in [3.05, 3.63) is 114 Å². The van der Waals surface area contributed by atoms with Gasteiger partial charge in [-0.1, -0.05) is 86.6 Å². The van der Waals surface area contributed by atoms with Gasteiger partial charge in [0.2, 0.25) is 0 Å². The number of hydrogen-bond donors (Lipinski definition) is 0. The molecule has 6 rings (SSSR count). The van der Waals surface area contributed by atoms with E-state index in [0.717, 1.165) is 38.6 Å². The molecule has 0 atom stereocenters. The maximum atomic E-state index is 6.52. The Morgan fingerprint density at radius 2 is 1.38 bits per heavy atom. The van der Waals surface area contributed by atoms with E-state index in [0.29, 0.717) is 0 Å². The third-order valence-electron chi connectivity index (χ3n) is 6.64. The summed E-state index contributed by atoms with van der Waals surface area (Å²) in [4.78, 5) is 4.74. The fraction of sp³-hybridized carbons (Fsp3) is 0.100. The highest BCUT2D eigenvalue weighted by Crippen LogP contribution is 2.39. The van der Waals surface area contributed by atoms with Gasteiger partial charge in [0, 0.05) is 33.3 Å². The van der Waals surface area contributed by atoms with Crippen LogP contribution in [-0.4, -0.2) is 4.98 Å². The third kappa shape index (κ3) is 2.84. The molecule has 4 aromatic carbocycles. The summed E-state index contributed by atoms with van der Waals surface area (Å²) < 4.78 is 6.52. The van der Waals surface area contributed by atoms with Gasteiger partial charge in [0.1, 0.15) is 11.2 Å². The van der Waals surface area contributed by atoms with Gasteiger partial charge >= 0.3 is 0 Å². The molecule has 0 aliphatic heterocycles.